The summed E-state index contributed by atoms with van der Waals surface area (Å²) in [6, 6.07) is 0. The molecule has 0 aliphatic heterocycles. The molecule has 0 aliphatic carbocycles. The van der Waals surface area contributed by atoms with Crippen molar-refractivity contribution in [3.63, 3.8) is 0 Å². The molecule has 174 valence electrons. The van der Waals surface area contributed by atoms with Gasteiger partial charge in [-0.2, -0.15) is 0 Å². The normalized spacial score (nSPS) is 11.1. The average Bonchev–Trinajstić information content (AvgIpc) is 2.74. The van der Waals surface area contributed by atoms with E-state index in [0.29, 0.717) is 13.0 Å². The predicted molar refractivity (Wildman–Crippen MR) is 128 cm³/mol. The SMILES string of the molecule is CCCCCCCCCCCCCCCCCCCCCCCCOC(=O)CC. The lowest BCUT2D eigenvalue weighted by atomic mass is 10.0. The first-order chi connectivity index (χ1) is 14.3. The van der Waals surface area contributed by atoms with Crippen molar-refractivity contribution >= 4 is 5.97 Å². The van der Waals surface area contributed by atoms with Crippen LogP contribution in [0, 0.1) is 0 Å². The zero-order chi connectivity index (χ0) is 21.3. The lowest BCUT2D eigenvalue weighted by Gasteiger charge is -2.04. The molecule has 0 N–H and O–H groups in total. The minimum Gasteiger partial charge on any atom is -0.466 e. The molecule has 0 rings (SSSR count). The van der Waals surface area contributed by atoms with Crippen LogP contribution >= 0.6 is 0 Å². The van der Waals surface area contributed by atoms with Crippen LogP contribution in [0.5, 0.6) is 0 Å². The molecule has 0 bridgehead atoms. The second-order valence-corrected chi connectivity index (χ2v) is 9.00. The van der Waals surface area contributed by atoms with Crippen molar-refractivity contribution < 1.29 is 9.53 Å². The van der Waals surface area contributed by atoms with Crippen LogP contribution in [0.15, 0.2) is 0 Å². The zero-order valence-electron chi connectivity index (χ0n) is 20.3. The standard InChI is InChI=1S/C27H54O2/c1-3-5-6-7-8-9-10-11-12-13-14-15-16-17-18-19-20-21-22-23-24-25-26-29-27(28)4-2/h3-26H2,1-2H3. The Balaban J connectivity index is 3.01. The highest BCUT2D eigenvalue weighted by Crippen LogP contribution is 2.15. The van der Waals surface area contributed by atoms with E-state index in [9.17, 15) is 4.79 Å². The summed E-state index contributed by atoms with van der Waals surface area (Å²) in [4.78, 5) is 11.0. The topological polar surface area (TPSA) is 26.3 Å². The van der Waals surface area contributed by atoms with E-state index < -0.39 is 0 Å². The van der Waals surface area contributed by atoms with Crippen molar-refractivity contribution in [1.29, 1.82) is 0 Å². The molecule has 0 fully saturated rings. The summed E-state index contributed by atoms with van der Waals surface area (Å²) < 4.78 is 5.10. The molecule has 0 saturated heterocycles. The third-order valence-electron chi connectivity index (χ3n) is 6.05. The van der Waals surface area contributed by atoms with Crippen molar-refractivity contribution in [1.82, 2.24) is 0 Å². The van der Waals surface area contributed by atoms with Gasteiger partial charge in [-0.3, -0.25) is 4.79 Å². The van der Waals surface area contributed by atoms with Crippen molar-refractivity contribution in [2.45, 2.75) is 162 Å². The van der Waals surface area contributed by atoms with E-state index >= 15 is 0 Å². The fraction of sp³-hybridized carbons (Fsp3) is 0.963. The Morgan fingerprint density at radius 2 is 0.724 bits per heavy atom. The van der Waals surface area contributed by atoms with Gasteiger partial charge in [-0.1, -0.05) is 149 Å². The molecule has 0 aliphatic rings. The van der Waals surface area contributed by atoms with Gasteiger partial charge in [-0.15, -0.1) is 0 Å². The fourth-order valence-corrected chi connectivity index (χ4v) is 4.00. The summed E-state index contributed by atoms with van der Waals surface area (Å²) in [5.41, 5.74) is 0. The molecule has 0 unspecified atom stereocenters. The lowest BCUT2D eigenvalue weighted by Crippen LogP contribution is -2.03. The Morgan fingerprint density at radius 1 is 0.448 bits per heavy atom. The molecule has 2 heteroatoms. The van der Waals surface area contributed by atoms with E-state index in [1.54, 1.807) is 0 Å². The van der Waals surface area contributed by atoms with Gasteiger partial charge in [0.15, 0.2) is 0 Å². The number of carbonyl (C=O) groups is 1. The zero-order valence-corrected chi connectivity index (χ0v) is 20.3. The first-order valence-electron chi connectivity index (χ1n) is 13.5. The molecular formula is C27H54O2. The quantitative estimate of drug-likeness (QED) is 0.117. The van der Waals surface area contributed by atoms with Crippen molar-refractivity contribution in [3.8, 4) is 0 Å². The van der Waals surface area contributed by atoms with Crippen LogP contribution in [-0.4, -0.2) is 12.6 Å². The van der Waals surface area contributed by atoms with E-state index in [4.69, 9.17) is 4.74 Å². The molecule has 0 radical (unpaired) electrons. The predicted octanol–water partition coefficient (Wildman–Crippen LogP) is 9.54. The number of hydrogen-bond acceptors (Lipinski definition) is 2. The fourth-order valence-electron chi connectivity index (χ4n) is 4.00. The minimum absolute atomic E-state index is 0.0616. The first kappa shape index (κ1) is 28.5. The number of hydrogen-bond donors (Lipinski definition) is 0. The van der Waals surface area contributed by atoms with Crippen LogP contribution in [0.2, 0.25) is 0 Å². The number of esters is 1. The van der Waals surface area contributed by atoms with Crippen LogP contribution in [-0.2, 0) is 9.53 Å². The van der Waals surface area contributed by atoms with E-state index in [2.05, 4.69) is 6.92 Å². The Bertz CT molecular complexity index is 314. The summed E-state index contributed by atoms with van der Waals surface area (Å²) >= 11 is 0. The van der Waals surface area contributed by atoms with E-state index in [1.807, 2.05) is 6.92 Å². The third kappa shape index (κ3) is 25.4. The number of ether oxygens (including phenoxy) is 1. The molecule has 0 saturated carbocycles. The van der Waals surface area contributed by atoms with Crippen LogP contribution in [0.4, 0.5) is 0 Å². The third-order valence-corrected chi connectivity index (χ3v) is 6.05. The maximum Gasteiger partial charge on any atom is 0.305 e. The van der Waals surface area contributed by atoms with Crippen molar-refractivity contribution in [2.75, 3.05) is 6.61 Å². The van der Waals surface area contributed by atoms with E-state index in [0.717, 1.165) is 6.42 Å². The molecule has 2 nitrogen and oxygen atoms in total. The molecular weight excluding hydrogens is 356 g/mol. The first-order valence-corrected chi connectivity index (χ1v) is 13.5. The van der Waals surface area contributed by atoms with Crippen LogP contribution in [0.3, 0.4) is 0 Å². The molecule has 0 aromatic rings. The van der Waals surface area contributed by atoms with Gasteiger partial charge in [-0.25, -0.2) is 0 Å². The molecule has 0 heterocycles. The lowest BCUT2D eigenvalue weighted by molar-refractivity contribution is -0.143. The van der Waals surface area contributed by atoms with Crippen LogP contribution in [0.25, 0.3) is 0 Å². The molecule has 0 amide bonds. The van der Waals surface area contributed by atoms with Gasteiger partial charge < -0.3 is 4.74 Å². The van der Waals surface area contributed by atoms with Gasteiger partial charge in [0.2, 0.25) is 0 Å². The number of carbonyl (C=O) groups excluding carboxylic acids is 1. The van der Waals surface area contributed by atoms with Gasteiger partial charge >= 0.3 is 5.97 Å². The van der Waals surface area contributed by atoms with E-state index in [1.165, 1.54) is 135 Å². The summed E-state index contributed by atoms with van der Waals surface area (Å²) in [5.74, 6) is -0.0616. The number of unbranched alkanes of at least 4 members (excludes halogenated alkanes) is 21. The van der Waals surface area contributed by atoms with E-state index in [-0.39, 0.29) is 5.97 Å². The molecule has 0 aromatic heterocycles. The molecule has 0 atom stereocenters. The van der Waals surface area contributed by atoms with Crippen molar-refractivity contribution in [2.24, 2.45) is 0 Å². The highest BCUT2D eigenvalue weighted by atomic mass is 16.5. The Kier molecular flexibility index (Phi) is 25.0. The average molecular weight is 411 g/mol. The maximum atomic E-state index is 11.0. The van der Waals surface area contributed by atoms with Gasteiger partial charge in [0.1, 0.15) is 0 Å². The second-order valence-electron chi connectivity index (χ2n) is 9.00. The molecule has 29 heavy (non-hydrogen) atoms. The minimum atomic E-state index is -0.0616. The summed E-state index contributed by atoms with van der Waals surface area (Å²) in [6.07, 6.45) is 31.4. The Morgan fingerprint density at radius 3 is 1.00 bits per heavy atom. The monoisotopic (exact) mass is 410 g/mol. The summed E-state index contributed by atoms with van der Waals surface area (Å²) in [7, 11) is 0. The van der Waals surface area contributed by atoms with Gasteiger partial charge in [0, 0.05) is 6.42 Å². The smallest absolute Gasteiger partial charge is 0.305 e. The van der Waals surface area contributed by atoms with Gasteiger partial charge in [0.25, 0.3) is 0 Å². The Hall–Kier alpha value is -0.530. The Labute approximate surface area is 184 Å². The van der Waals surface area contributed by atoms with Crippen molar-refractivity contribution in [3.05, 3.63) is 0 Å². The van der Waals surface area contributed by atoms with Crippen LogP contribution < -0.4 is 0 Å². The highest BCUT2D eigenvalue weighted by Gasteiger charge is 1.98. The van der Waals surface area contributed by atoms with Gasteiger partial charge in [-0.05, 0) is 6.42 Å². The van der Waals surface area contributed by atoms with Crippen LogP contribution in [0.1, 0.15) is 162 Å². The summed E-state index contributed by atoms with van der Waals surface area (Å²) in [5, 5.41) is 0. The molecule has 0 spiro atoms. The molecule has 0 aromatic carbocycles. The second kappa shape index (κ2) is 25.5. The maximum absolute atomic E-state index is 11.0. The highest BCUT2D eigenvalue weighted by molar-refractivity contribution is 5.68. The van der Waals surface area contributed by atoms with Gasteiger partial charge in [0.05, 0.1) is 6.61 Å². The number of rotatable bonds is 24. The largest absolute Gasteiger partial charge is 0.466 e. The summed E-state index contributed by atoms with van der Waals surface area (Å²) in [6.45, 7) is 4.76.